The van der Waals surface area contributed by atoms with Crippen molar-refractivity contribution in [2.75, 3.05) is 46.3 Å². The first-order chi connectivity index (χ1) is 11.6. The summed E-state index contributed by atoms with van der Waals surface area (Å²) < 4.78 is 12.9. The van der Waals surface area contributed by atoms with Gasteiger partial charge in [0.1, 0.15) is 5.82 Å². The molecular formula is C19H28FN3O. The van der Waals surface area contributed by atoms with Crippen molar-refractivity contribution < 1.29 is 9.18 Å². The van der Waals surface area contributed by atoms with Crippen LogP contribution in [0.1, 0.15) is 24.8 Å². The Kier molecular flexibility index (Phi) is 5.85. The van der Waals surface area contributed by atoms with Gasteiger partial charge in [0.05, 0.1) is 6.42 Å². The van der Waals surface area contributed by atoms with Gasteiger partial charge in [0.2, 0.25) is 5.91 Å². The van der Waals surface area contributed by atoms with E-state index in [-0.39, 0.29) is 11.7 Å². The van der Waals surface area contributed by atoms with E-state index >= 15 is 0 Å². The lowest BCUT2D eigenvalue weighted by atomic mass is 10.0. The van der Waals surface area contributed by atoms with Crippen molar-refractivity contribution in [1.82, 2.24) is 14.7 Å². The van der Waals surface area contributed by atoms with Gasteiger partial charge in [-0.1, -0.05) is 18.6 Å². The zero-order valence-electron chi connectivity index (χ0n) is 14.6. The van der Waals surface area contributed by atoms with Crippen LogP contribution in [0.15, 0.2) is 24.3 Å². The number of halogens is 1. The number of nitrogens with zero attached hydrogens (tertiary/aromatic N) is 3. The third-order valence-corrected chi connectivity index (χ3v) is 5.38. The number of hydrogen-bond acceptors (Lipinski definition) is 3. The molecule has 24 heavy (non-hydrogen) atoms. The number of carbonyl (C=O) groups excluding carboxylic acids is 1. The third kappa shape index (κ3) is 4.54. The molecule has 1 aromatic rings. The monoisotopic (exact) mass is 333 g/mol. The second-order valence-corrected chi connectivity index (χ2v) is 7.11. The SMILES string of the molecule is CN1CCCC[C@H]1CN1CCN(C(=O)Cc2ccc(F)cc2)CC1. The zero-order valence-corrected chi connectivity index (χ0v) is 14.6. The molecule has 2 aliphatic rings. The molecule has 5 heteroatoms. The number of piperazine rings is 1. The Morgan fingerprint density at radius 1 is 1.08 bits per heavy atom. The molecule has 2 heterocycles. The lowest BCUT2D eigenvalue weighted by molar-refractivity contribution is -0.132. The summed E-state index contributed by atoms with van der Waals surface area (Å²) in [6.07, 6.45) is 4.32. The Balaban J connectivity index is 1.44. The van der Waals surface area contributed by atoms with Crippen LogP contribution in [0.2, 0.25) is 0 Å². The van der Waals surface area contributed by atoms with E-state index in [1.165, 1.54) is 37.9 Å². The molecule has 4 nitrogen and oxygen atoms in total. The van der Waals surface area contributed by atoms with Crippen molar-refractivity contribution in [3.63, 3.8) is 0 Å². The van der Waals surface area contributed by atoms with E-state index in [1.54, 1.807) is 12.1 Å². The number of likely N-dealkylation sites (N-methyl/N-ethyl adjacent to an activating group) is 1. The van der Waals surface area contributed by atoms with Gasteiger partial charge >= 0.3 is 0 Å². The van der Waals surface area contributed by atoms with Crippen molar-refractivity contribution in [3.05, 3.63) is 35.6 Å². The second kappa shape index (κ2) is 8.08. The normalized spacial score (nSPS) is 23.4. The molecule has 132 valence electrons. The smallest absolute Gasteiger partial charge is 0.227 e. The van der Waals surface area contributed by atoms with Crippen LogP contribution in [-0.4, -0.2) is 73.0 Å². The molecular weight excluding hydrogens is 305 g/mol. The molecule has 0 saturated carbocycles. The van der Waals surface area contributed by atoms with Crippen LogP contribution in [0.25, 0.3) is 0 Å². The van der Waals surface area contributed by atoms with Crippen LogP contribution >= 0.6 is 0 Å². The number of rotatable bonds is 4. The zero-order chi connectivity index (χ0) is 16.9. The number of amides is 1. The second-order valence-electron chi connectivity index (χ2n) is 7.11. The minimum absolute atomic E-state index is 0.149. The molecule has 3 rings (SSSR count). The molecule has 0 spiro atoms. The Morgan fingerprint density at radius 3 is 2.46 bits per heavy atom. The van der Waals surface area contributed by atoms with Crippen molar-refractivity contribution in [1.29, 1.82) is 0 Å². The highest BCUT2D eigenvalue weighted by Crippen LogP contribution is 2.17. The van der Waals surface area contributed by atoms with E-state index < -0.39 is 0 Å². The molecule has 1 amide bonds. The fourth-order valence-electron chi connectivity index (χ4n) is 3.74. The molecule has 0 aromatic heterocycles. The van der Waals surface area contributed by atoms with E-state index in [0.29, 0.717) is 12.5 Å². The van der Waals surface area contributed by atoms with Crippen molar-refractivity contribution in [3.8, 4) is 0 Å². The summed E-state index contributed by atoms with van der Waals surface area (Å²) in [6, 6.07) is 6.90. The van der Waals surface area contributed by atoms with Gasteiger partial charge in [0.15, 0.2) is 0 Å². The highest BCUT2D eigenvalue weighted by atomic mass is 19.1. The minimum atomic E-state index is -0.257. The van der Waals surface area contributed by atoms with E-state index in [1.807, 2.05) is 4.90 Å². The minimum Gasteiger partial charge on any atom is -0.340 e. The topological polar surface area (TPSA) is 26.8 Å². The van der Waals surface area contributed by atoms with Crippen LogP contribution < -0.4 is 0 Å². The molecule has 1 atom stereocenters. The van der Waals surface area contributed by atoms with Gasteiger partial charge in [0.25, 0.3) is 0 Å². The number of carbonyl (C=O) groups is 1. The largest absolute Gasteiger partial charge is 0.340 e. The Labute approximate surface area is 144 Å². The van der Waals surface area contributed by atoms with Crippen molar-refractivity contribution >= 4 is 5.91 Å². The molecule has 1 aromatic carbocycles. The van der Waals surface area contributed by atoms with Crippen LogP contribution in [0.3, 0.4) is 0 Å². The lowest BCUT2D eigenvalue weighted by Gasteiger charge is -2.40. The maximum Gasteiger partial charge on any atom is 0.227 e. The predicted molar refractivity (Wildman–Crippen MR) is 93.4 cm³/mol. The molecule has 2 fully saturated rings. The summed E-state index contributed by atoms with van der Waals surface area (Å²) in [5.41, 5.74) is 0.882. The van der Waals surface area contributed by atoms with E-state index in [9.17, 15) is 9.18 Å². The summed E-state index contributed by atoms with van der Waals surface area (Å²) in [6.45, 7) is 5.85. The number of benzene rings is 1. The Hall–Kier alpha value is -1.46. The lowest BCUT2D eigenvalue weighted by Crippen LogP contribution is -2.53. The summed E-state index contributed by atoms with van der Waals surface area (Å²) in [5, 5.41) is 0. The number of hydrogen-bond donors (Lipinski definition) is 0. The summed E-state index contributed by atoms with van der Waals surface area (Å²) in [4.78, 5) is 19.3. The van der Waals surface area contributed by atoms with Crippen LogP contribution in [0, 0.1) is 5.82 Å². The molecule has 0 bridgehead atoms. The third-order valence-electron chi connectivity index (χ3n) is 5.38. The predicted octanol–water partition coefficient (Wildman–Crippen LogP) is 2.00. The number of piperidine rings is 1. The Morgan fingerprint density at radius 2 is 1.79 bits per heavy atom. The van der Waals surface area contributed by atoms with Gasteiger partial charge in [-0.3, -0.25) is 9.69 Å². The van der Waals surface area contributed by atoms with Crippen molar-refractivity contribution in [2.45, 2.75) is 31.7 Å². The van der Waals surface area contributed by atoms with E-state index in [2.05, 4.69) is 16.8 Å². The summed E-state index contributed by atoms with van der Waals surface area (Å²) in [5.74, 6) is -0.108. The average Bonchev–Trinajstić information content (AvgIpc) is 2.59. The molecule has 0 unspecified atom stereocenters. The fraction of sp³-hybridized carbons (Fsp3) is 0.632. The van der Waals surface area contributed by atoms with Gasteiger partial charge in [-0.25, -0.2) is 4.39 Å². The average molecular weight is 333 g/mol. The van der Waals surface area contributed by atoms with E-state index in [0.717, 1.165) is 38.3 Å². The van der Waals surface area contributed by atoms with Gasteiger partial charge < -0.3 is 9.80 Å². The first-order valence-corrected chi connectivity index (χ1v) is 9.06. The van der Waals surface area contributed by atoms with E-state index in [4.69, 9.17) is 0 Å². The first kappa shape index (κ1) is 17.4. The molecule has 0 radical (unpaired) electrons. The molecule has 2 aliphatic heterocycles. The standard InChI is InChI=1S/C19H28FN3O/c1-21-9-3-2-4-18(21)15-22-10-12-23(13-11-22)19(24)14-16-5-7-17(20)8-6-16/h5-8,18H,2-4,9-15H2,1H3/t18-/m0/s1. The van der Waals surface area contributed by atoms with Crippen LogP contribution in [-0.2, 0) is 11.2 Å². The van der Waals surface area contributed by atoms with Crippen molar-refractivity contribution in [2.24, 2.45) is 0 Å². The summed E-state index contributed by atoms with van der Waals surface area (Å²) in [7, 11) is 2.23. The maximum atomic E-state index is 12.9. The highest BCUT2D eigenvalue weighted by Gasteiger charge is 2.25. The summed E-state index contributed by atoms with van der Waals surface area (Å²) >= 11 is 0. The van der Waals surface area contributed by atoms with Crippen LogP contribution in [0.5, 0.6) is 0 Å². The van der Waals surface area contributed by atoms with Gasteiger partial charge in [-0.05, 0) is 44.1 Å². The quantitative estimate of drug-likeness (QED) is 0.843. The van der Waals surface area contributed by atoms with Gasteiger partial charge in [-0.15, -0.1) is 0 Å². The highest BCUT2D eigenvalue weighted by molar-refractivity contribution is 5.78. The Bertz CT molecular complexity index is 540. The van der Waals surface area contributed by atoms with Crippen LogP contribution in [0.4, 0.5) is 4.39 Å². The number of likely N-dealkylation sites (tertiary alicyclic amines) is 1. The van der Waals surface area contributed by atoms with Gasteiger partial charge in [-0.2, -0.15) is 0 Å². The fourth-order valence-corrected chi connectivity index (χ4v) is 3.74. The molecule has 2 saturated heterocycles. The molecule has 0 aliphatic carbocycles. The van der Waals surface area contributed by atoms with Gasteiger partial charge in [0, 0.05) is 38.8 Å². The maximum absolute atomic E-state index is 12.9. The first-order valence-electron chi connectivity index (χ1n) is 9.06. The molecule has 0 N–H and O–H groups in total.